The third kappa shape index (κ3) is 3.61. The van der Waals surface area contributed by atoms with Gasteiger partial charge in [-0.15, -0.1) is 0 Å². The molecule has 1 aromatic heterocycles. The molecule has 0 aromatic carbocycles. The van der Waals surface area contributed by atoms with Crippen LogP contribution >= 0.6 is 0 Å². The van der Waals surface area contributed by atoms with Crippen LogP contribution in [-0.4, -0.2) is 41.2 Å². The van der Waals surface area contributed by atoms with E-state index in [1.807, 2.05) is 6.20 Å². The summed E-state index contributed by atoms with van der Waals surface area (Å²) in [6.45, 7) is 2.98. The monoisotopic (exact) mass is 223 g/mol. The third-order valence-corrected chi connectivity index (χ3v) is 3.06. The minimum Gasteiger partial charge on any atom is -0.378 e. The Labute approximate surface area is 97.0 Å². The van der Waals surface area contributed by atoms with Crippen molar-refractivity contribution in [2.75, 3.05) is 20.2 Å². The molecule has 1 saturated heterocycles. The Hall–Kier alpha value is -0.870. The largest absolute Gasteiger partial charge is 0.378 e. The van der Waals surface area contributed by atoms with E-state index in [1.54, 1.807) is 6.20 Å². The van der Waals surface area contributed by atoms with E-state index in [-0.39, 0.29) is 0 Å². The van der Waals surface area contributed by atoms with Crippen molar-refractivity contribution >= 4 is 0 Å². The number of ether oxygens (including phenoxy) is 1. The van der Waals surface area contributed by atoms with Gasteiger partial charge < -0.3 is 9.72 Å². The summed E-state index contributed by atoms with van der Waals surface area (Å²) < 4.78 is 5.60. The van der Waals surface area contributed by atoms with Gasteiger partial charge in [0.2, 0.25) is 0 Å². The summed E-state index contributed by atoms with van der Waals surface area (Å²) in [6, 6.07) is 0. The fourth-order valence-electron chi connectivity index (χ4n) is 2.18. The molecule has 2 heterocycles. The summed E-state index contributed by atoms with van der Waals surface area (Å²) in [5.74, 6) is 1.04. The highest BCUT2D eigenvalue weighted by atomic mass is 16.5. The second-order valence-corrected chi connectivity index (χ2v) is 4.55. The van der Waals surface area contributed by atoms with Gasteiger partial charge in [0.15, 0.2) is 0 Å². The van der Waals surface area contributed by atoms with Crippen molar-refractivity contribution in [2.45, 2.75) is 38.3 Å². The molecule has 4 heteroatoms. The zero-order chi connectivity index (χ0) is 11.2. The first kappa shape index (κ1) is 11.6. The van der Waals surface area contributed by atoms with E-state index in [2.05, 4.69) is 21.9 Å². The molecule has 0 aliphatic carbocycles. The van der Waals surface area contributed by atoms with Crippen molar-refractivity contribution in [3.8, 4) is 0 Å². The number of hydrogen-bond donors (Lipinski definition) is 1. The zero-order valence-electron chi connectivity index (χ0n) is 9.98. The number of aromatic amines is 1. The van der Waals surface area contributed by atoms with E-state index in [4.69, 9.17) is 4.74 Å². The molecule has 1 N–H and O–H groups in total. The van der Waals surface area contributed by atoms with Gasteiger partial charge in [0.25, 0.3) is 0 Å². The highest BCUT2D eigenvalue weighted by molar-refractivity contribution is 4.86. The molecule has 90 valence electrons. The van der Waals surface area contributed by atoms with Crippen LogP contribution < -0.4 is 0 Å². The Morgan fingerprint density at radius 1 is 1.62 bits per heavy atom. The summed E-state index contributed by atoms with van der Waals surface area (Å²) in [5.41, 5.74) is 0. The smallest absolute Gasteiger partial charge is 0.120 e. The van der Waals surface area contributed by atoms with Crippen LogP contribution in [0.25, 0.3) is 0 Å². The quantitative estimate of drug-likeness (QED) is 0.799. The van der Waals surface area contributed by atoms with Crippen LogP contribution in [0.1, 0.15) is 31.5 Å². The molecule has 0 saturated carbocycles. The van der Waals surface area contributed by atoms with E-state index in [1.165, 1.54) is 25.7 Å². The maximum absolute atomic E-state index is 5.60. The Bertz CT molecular complexity index is 280. The van der Waals surface area contributed by atoms with Gasteiger partial charge in [0, 0.05) is 19.0 Å². The molecule has 1 atom stereocenters. The molecule has 0 radical (unpaired) electrons. The molecule has 1 aliphatic heterocycles. The summed E-state index contributed by atoms with van der Waals surface area (Å²) in [4.78, 5) is 9.64. The maximum atomic E-state index is 5.60. The lowest BCUT2D eigenvalue weighted by atomic mass is 10.1. The number of H-pyrrole nitrogens is 1. The van der Waals surface area contributed by atoms with E-state index in [0.29, 0.717) is 6.10 Å². The van der Waals surface area contributed by atoms with E-state index < -0.39 is 0 Å². The van der Waals surface area contributed by atoms with Crippen LogP contribution in [0.3, 0.4) is 0 Å². The van der Waals surface area contributed by atoms with Crippen molar-refractivity contribution < 1.29 is 4.74 Å². The standard InChI is InChI=1S/C12H21N3O/c1-15(10-12-13-6-7-14-12)8-2-4-11-5-3-9-16-11/h6-7,11H,2-5,8-10H2,1H3,(H,13,14). The highest BCUT2D eigenvalue weighted by Crippen LogP contribution is 2.16. The van der Waals surface area contributed by atoms with Gasteiger partial charge in [-0.05, 0) is 39.3 Å². The summed E-state index contributed by atoms with van der Waals surface area (Å²) in [6.07, 6.45) is 9.10. The molecule has 1 aromatic rings. The normalized spacial score (nSPS) is 20.8. The van der Waals surface area contributed by atoms with Gasteiger partial charge in [-0.25, -0.2) is 4.98 Å². The zero-order valence-corrected chi connectivity index (χ0v) is 9.98. The van der Waals surface area contributed by atoms with Crippen LogP contribution in [0.2, 0.25) is 0 Å². The van der Waals surface area contributed by atoms with Crippen molar-refractivity contribution in [1.29, 1.82) is 0 Å². The van der Waals surface area contributed by atoms with E-state index >= 15 is 0 Å². The lowest BCUT2D eigenvalue weighted by Crippen LogP contribution is -2.21. The Balaban J connectivity index is 1.58. The second kappa shape index (κ2) is 6.01. The minimum atomic E-state index is 0.525. The molecule has 1 fully saturated rings. The first-order valence-electron chi connectivity index (χ1n) is 6.13. The topological polar surface area (TPSA) is 41.1 Å². The van der Waals surface area contributed by atoms with Gasteiger partial charge >= 0.3 is 0 Å². The van der Waals surface area contributed by atoms with E-state index in [0.717, 1.165) is 25.5 Å². The minimum absolute atomic E-state index is 0.525. The van der Waals surface area contributed by atoms with Crippen LogP contribution in [0.5, 0.6) is 0 Å². The predicted molar refractivity (Wildman–Crippen MR) is 63.1 cm³/mol. The van der Waals surface area contributed by atoms with Crippen molar-refractivity contribution in [1.82, 2.24) is 14.9 Å². The van der Waals surface area contributed by atoms with Gasteiger partial charge in [0.05, 0.1) is 12.6 Å². The average Bonchev–Trinajstić information content (AvgIpc) is 2.90. The predicted octanol–water partition coefficient (Wildman–Crippen LogP) is 1.80. The summed E-state index contributed by atoms with van der Waals surface area (Å²) >= 11 is 0. The van der Waals surface area contributed by atoms with Gasteiger partial charge in [-0.2, -0.15) is 0 Å². The summed E-state index contributed by atoms with van der Waals surface area (Å²) in [5, 5.41) is 0. The Morgan fingerprint density at radius 2 is 2.56 bits per heavy atom. The SMILES string of the molecule is CN(CCCC1CCCO1)Cc1ncc[nH]1. The number of aromatic nitrogens is 2. The number of nitrogens with zero attached hydrogens (tertiary/aromatic N) is 2. The highest BCUT2D eigenvalue weighted by Gasteiger charge is 2.14. The van der Waals surface area contributed by atoms with E-state index in [9.17, 15) is 0 Å². The molecular weight excluding hydrogens is 202 g/mol. The fraction of sp³-hybridized carbons (Fsp3) is 0.750. The average molecular weight is 223 g/mol. The third-order valence-electron chi connectivity index (χ3n) is 3.06. The number of nitrogens with one attached hydrogen (secondary N) is 1. The lowest BCUT2D eigenvalue weighted by molar-refractivity contribution is 0.0994. The lowest BCUT2D eigenvalue weighted by Gasteiger charge is -2.16. The van der Waals surface area contributed by atoms with Crippen LogP contribution in [0, 0.1) is 0 Å². The fourth-order valence-corrected chi connectivity index (χ4v) is 2.18. The molecule has 0 bridgehead atoms. The van der Waals surface area contributed by atoms with Crippen LogP contribution in [0.4, 0.5) is 0 Å². The molecule has 4 nitrogen and oxygen atoms in total. The summed E-state index contributed by atoms with van der Waals surface area (Å²) in [7, 11) is 2.14. The Kier molecular flexibility index (Phi) is 4.36. The first-order valence-corrected chi connectivity index (χ1v) is 6.13. The van der Waals surface area contributed by atoms with Crippen LogP contribution in [-0.2, 0) is 11.3 Å². The van der Waals surface area contributed by atoms with Gasteiger partial charge in [-0.1, -0.05) is 0 Å². The number of imidazole rings is 1. The molecule has 1 unspecified atom stereocenters. The molecule has 1 aliphatic rings. The molecular formula is C12H21N3O. The molecule has 0 spiro atoms. The Morgan fingerprint density at radius 3 is 3.25 bits per heavy atom. The van der Waals surface area contributed by atoms with Gasteiger partial charge in [0.1, 0.15) is 5.82 Å². The maximum Gasteiger partial charge on any atom is 0.120 e. The number of rotatable bonds is 6. The van der Waals surface area contributed by atoms with Crippen molar-refractivity contribution in [2.24, 2.45) is 0 Å². The number of hydrogen-bond acceptors (Lipinski definition) is 3. The first-order chi connectivity index (χ1) is 7.84. The van der Waals surface area contributed by atoms with Crippen molar-refractivity contribution in [3.05, 3.63) is 18.2 Å². The molecule has 16 heavy (non-hydrogen) atoms. The van der Waals surface area contributed by atoms with Crippen LogP contribution in [0.15, 0.2) is 12.4 Å². The molecule has 2 rings (SSSR count). The van der Waals surface area contributed by atoms with Gasteiger partial charge in [-0.3, -0.25) is 4.90 Å². The second-order valence-electron chi connectivity index (χ2n) is 4.55. The van der Waals surface area contributed by atoms with Crippen molar-refractivity contribution in [3.63, 3.8) is 0 Å². The molecule has 0 amide bonds.